The lowest BCUT2D eigenvalue weighted by Gasteiger charge is -2.07. The molecule has 0 saturated carbocycles. The molecule has 6 nitrogen and oxygen atoms in total. The highest BCUT2D eigenvalue weighted by Crippen LogP contribution is 2.20. The van der Waals surface area contributed by atoms with Crippen molar-refractivity contribution in [1.82, 2.24) is 5.32 Å². The molecule has 2 heterocycles. The molecule has 0 fully saturated rings. The van der Waals surface area contributed by atoms with Crippen molar-refractivity contribution >= 4 is 39.8 Å². The molecule has 0 atom stereocenters. The fourth-order valence-corrected chi connectivity index (χ4v) is 3.21. The van der Waals surface area contributed by atoms with Crippen LogP contribution in [0.2, 0.25) is 0 Å². The maximum absolute atomic E-state index is 12.0. The van der Waals surface area contributed by atoms with Crippen LogP contribution in [-0.4, -0.2) is 18.4 Å². The monoisotopic (exact) mass is 370 g/mol. The summed E-state index contributed by atoms with van der Waals surface area (Å²) in [6, 6.07) is 8.41. The first-order chi connectivity index (χ1) is 12.5. The van der Waals surface area contributed by atoms with Crippen molar-refractivity contribution in [2.45, 2.75) is 19.8 Å². The summed E-state index contributed by atoms with van der Waals surface area (Å²) >= 11 is 1.46. The minimum atomic E-state index is -0.417. The number of rotatable bonds is 6. The lowest BCUT2D eigenvalue weighted by molar-refractivity contribution is -0.116. The molecule has 0 aliphatic heterocycles. The van der Waals surface area contributed by atoms with Gasteiger partial charge >= 0.3 is 5.63 Å². The zero-order valence-corrected chi connectivity index (χ0v) is 15.0. The second kappa shape index (κ2) is 7.97. The van der Waals surface area contributed by atoms with Gasteiger partial charge in [-0.15, -0.1) is 0 Å². The minimum absolute atomic E-state index is 0.133. The lowest BCUT2D eigenvalue weighted by atomic mass is 10.1. The number of hydrogen-bond acceptors (Lipinski definition) is 5. The number of carbonyl (C=O) groups excluding carboxylic acids is 2. The molecular formula is C19H18N2O4S. The third kappa shape index (κ3) is 4.37. The van der Waals surface area contributed by atoms with E-state index in [1.165, 1.54) is 17.4 Å². The van der Waals surface area contributed by atoms with E-state index in [2.05, 4.69) is 10.6 Å². The Morgan fingerprint density at radius 3 is 2.81 bits per heavy atom. The Balaban J connectivity index is 1.51. The van der Waals surface area contributed by atoms with Crippen molar-refractivity contribution in [3.63, 3.8) is 0 Å². The summed E-state index contributed by atoms with van der Waals surface area (Å²) in [5, 5.41) is 10.0. The van der Waals surface area contributed by atoms with E-state index in [4.69, 9.17) is 4.42 Å². The Hall–Kier alpha value is -2.93. The number of amides is 2. The van der Waals surface area contributed by atoms with Crippen LogP contribution in [-0.2, 0) is 4.79 Å². The lowest BCUT2D eigenvalue weighted by Crippen LogP contribution is -2.25. The highest BCUT2D eigenvalue weighted by molar-refractivity contribution is 7.08. The number of benzene rings is 1. The van der Waals surface area contributed by atoms with Gasteiger partial charge in [0.1, 0.15) is 5.58 Å². The molecule has 0 saturated heterocycles. The summed E-state index contributed by atoms with van der Waals surface area (Å²) in [4.78, 5) is 35.3. The second-order valence-electron chi connectivity index (χ2n) is 5.88. The van der Waals surface area contributed by atoms with Crippen LogP contribution in [0.4, 0.5) is 5.69 Å². The quantitative estimate of drug-likeness (QED) is 0.515. The number of nitrogens with one attached hydrogen (secondary N) is 2. The standard InChI is InChI=1S/C19H18N2O4S/c1-12-9-18(23)25-16-10-14(4-5-15(12)16)21-17(22)3-2-7-20-19(24)13-6-8-26-11-13/h4-6,8-11H,2-3,7H2,1H3,(H,20,24)(H,21,22). The molecule has 0 bridgehead atoms. The predicted molar refractivity (Wildman–Crippen MR) is 102 cm³/mol. The Morgan fingerprint density at radius 2 is 2.04 bits per heavy atom. The third-order valence-electron chi connectivity index (χ3n) is 3.88. The van der Waals surface area contributed by atoms with Crippen molar-refractivity contribution < 1.29 is 14.0 Å². The zero-order chi connectivity index (χ0) is 18.5. The van der Waals surface area contributed by atoms with E-state index in [0.29, 0.717) is 29.8 Å². The number of thiophene rings is 1. The van der Waals surface area contributed by atoms with Crippen LogP contribution in [0.1, 0.15) is 28.8 Å². The van der Waals surface area contributed by atoms with E-state index in [0.717, 1.165) is 10.9 Å². The largest absolute Gasteiger partial charge is 0.423 e. The fourth-order valence-electron chi connectivity index (χ4n) is 2.57. The summed E-state index contributed by atoms with van der Waals surface area (Å²) in [5.74, 6) is -0.296. The normalized spacial score (nSPS) is 10.7. The topological polar surface area (TPSA) is 88.4 Å². The molecule has 0 unspecified atom stereocenters. The molecular weight excluding hydrogens is 352 g/mol. The SMILES string of the molecule is Cc1cc(=O)oc2cc(NC(=O)CCCNC(=O)c3ccsc3)ccc12. The van der Waals surface area contributed by atoms with Gasteiger partial charge in [-0.05, 0) is 42.5 Å². The van der Waals surface area contributed by atoms with Crippen LogP contribution in [0, 0.1) is 6.92 Å². The summed E-state index contributed by atoms with van der Waals surface area (Å²) in [7, 11) is 0. The summed E-state index contributed by atoms with van der Waals surface area (Å²) in [5.41, 5.74) is 2.05. The molecule has 2 aromatic heterocycles. The number of fused-ring (bicyclic) bond motifs is 1. The van der Waals surface area contributed by atoms with Crippen molar-refractivity contribution in [1.29, 1.82) is 0 Å². The van der Waals surface area contributed by atoms with Crippen molar-refractivity contribution in [3.05, 3.63) is 62.6 Å². The second-order valence-corrected chi connectivity index (χ2v) is 6.66. The van der Waals surface area contributed by atoms with Crippen LogP contribution in [0.3, 0.4) is 0 Å². The van der Waals surface area contributed by atoms with Gasteiger partial charge < -0.3 is 15.1 Å². The maximum Gasteiger partial charge on any atom is 0.336 e. The van der Waals surface area contributed by atoms with E-state index >= 15 is 0 Å². The molecule has 0 radical (unpaired) electrons. The molecule has 2 N–H and O–H groups in total. The van der Waals surface area contributed by atoms with Crippen LogP contribution >= 0.6 is 11.3 Å². The van der Waals surface area contributed by atoms with E-state index < -0.39 is 5.63 Å². The Bertz CT molecular complexity index is 992. The van der Waals surface area contributed by atoms with Gasteiger partial charge in [-0.2, -0.15) is 11.3 Å². The summed E-state index contributed by atoms with van der Waals surface area (Å²) in [6.45, 7) is 2.26. The first-order valence-corrected chi connectivity index (χ1v) is 9.12. The van der Waals surface area contributed by atoms with Crippen molar-refractivity contribution in [3.8, 4) is 0 Å². The van der Waals surface area contributed by atoms with Gasteiger partial charge in [-0.3, -0.25) is 9.59 Å². The minimum Gasteiger partial charge on any atom is -0.423 e. The van der Waals surface area contributed by atoms with Crippen molar-refractivity contribution in [2.75, 3.05) is 11.9 Å². The molecule has 7 heteroatoms. The van der Waals surface area contributed by atoms with Gasteiger partial charge in [-0.25, -0.2) is 4.79 Å². The van der Waals surface area contributed by atoms with Gasteiger partial charge in [-0.1, -0.05) is 0 Å². The van der Waals surface area contributed by atoms with Crippen LogP contribution < -0.4 is 16.3 Å². The molecule has 1 aromatic carbocycles. The van der Waals surface area contributed by atoms with Gasteiger partial charge in [0.25, 0.3) is 5.91 Å². The smallest absolute Gasteiger partial charge is 0.336 e. The zero-order valence-electron chi connectivity index (χ0n) is 14.2. The third-order valence-corrected chi connectivity index (χ3v) is 4.57. The molecule has 3 aromatic rings. The van der Waals surface area contributed by atoms with E-state index in [1.54, 1.807) is 23.6 Å². The molecule has 26 heavy (non-hydrogen) atoms. The first-order valence-electron chi connectivity index (χ1n) is 8.18. The average Bonchev–Trinajstić information content (AvgIpc) is 3.12. The van der Waals surface area contributed by atoms with Gasteiger partial charge in [0.2, 0.25) is 5.91 Å². The van der Waals surface area contributed by atoms with Crippen LogP contribution in [0.5, 0.6) is 0 Å². The van der Waals surface area contributed by atoms with Gasteiger partial charge in [0, 0.05) is 47.1 Å². The average molecular weight is 370 g/mol. The number of anilines is 1. The highest BCUT2D eigenvalue weighted by atomic mass is 32.1. The van der Waals surface area contributed by atoms with Gasteiger partial charge in [0.15, 0.2) is 0 Å². The van der Waals surface area contributed by atoms with Crippen LogP contribution in [0.15, 0.2) is 50.3 Å². The number of carbonyl (C=O) groups is 2. The Morgan fingerprint density at radius 1 is 1.19 bits per heavy atom. The Kier molecular flexibility index (Phi) is 5.48. The van der Waals surface area contributed by atoms with E-state index in [1.807, 2.05) is 18.4 Å². The van der Waals surface area contributed by atoms with E-state index in [-0.39, 0.29) is 18.2 Å². The van der Waals surface area contributed by atoms with Gasteiger partial charge in [0.05, 0.1) is 0 Å². The van der Waals surface area contributed by atoms with Crippen LogP contribution in [0.25, 0.3) is 11.0 Å². The van der Waals surface area contributed by atoms with E-state index in [9.17, 15) is 14.4 Å². The predicted octanol–water partition coefficient (Wildman–Crippen LogP) is 3.31. The Labute approximate surface area is 153 Å². The highest BCUT2D eigenvalue weighted by Gasteiger charge is 2.08. The molecule has 3 rings (SSSR count). The summed E-state index contributed by atoms with van der Waals surface area (Å²) < 4.78 is 5.17. The maximum atomic E-state index is 12.0. The van der Waals surface area contributed by atoms with Crippen molar-refractivity contribution in [2.24, 2.45) is 0 Å². The molecule has 0 spiro atoms. The number of aryl methyl sites for hydroxylation is 1. The molecule has 134 valence electrons. The molecule has 0 aliphatic carbocycles. The fraction of sp³-hybridized carbons (Fsp3) is 0.211. The number of hydrogen-bond donors (Lipinski definition) is 2. The summed E-state index contributed by atoms with van der Waals surface area (Å²) in [6.07, 6.45) is 0.809. The first kappa shape index (κ1) is 17.9. The molecule has 2 amide bonds. The molecule has 0 aliphatic rings.